The minimum absolute atomic E-state index is 0.00596. The Balaban J connectivity index is 1.78. The fraction of sp³-hybridized carbons (Fsp3) is 0.762. The topological polar surface area (TPSA) is 57.5 Å². The molecule has 2 saturated carbocycles. The molecule has 4 rings (SSSR count). The molecule has 0 aliphatic heterocycles. The minimum Gasteiger partial charge on any atom is -0.389 e. The lowest BCUT2D eigenvalue weighted by Crippen LogP contribution is -2.56. The number of aliphatic hydroxyl groups excluding tert-OH is 1. The Morgan fingerprint density at radius 3 is 2.48 bits per heavy atom. The van der Waals surface area contributed by atoms with Crippen molar-refractivity contribution in [1.29, 1.82) is 0 Å². The van der Waals surface area contributed by atoms with E-state index in [2.05, 4.69) is 19.9 Å². The molecule has 7 atom stereocenters. The zero-order valence-corrected chi connectivity index (χ0v) is 16.1. The van der Waals surface area contributed by atoms with Crippen LogP contribution >= 0.6 is 11.6 Å². The maximum Gasteiger partial charge on any atom is 0.161 e. The molecule has 0 heterocycles. The molecule has 4 aliphatic carbocycles. The van der Waals surface area contributed by atoms with E-state index >= 15 is 0 Å². The zero-order chi connectivity index (χ0) is 18.2. The highest BCUT2D eigenvalue weighted by Gasteiger charge is 2.65. The van der Waals surface area contributed by atoms with Crippen LogP contribution in [0, 0.1) is 28.6 Å². The van der Waals surface area contributed by atoms with E-state index in [1.807, 2.05) is 6.08 Å². The predicted molar refractivity (Wildman–Crippen MR) is 98.0 cm³/mol. The summed E-state index contributed by atoms with van der Waals surface area (Å²) >= 11 is 6.69. The van der Waals surface area contributed by atoms with Gasteiger partial charge in [0.1, 0.15) is 5.60 Å². The van der Waals surface area contributed by atoms with Crippen LogP contribution in [0.4, 0.5) is 0 Å². The Kier molecular flexibility index (Phi) is 3.86. The average Bonchev–Trinajstić information content (AvgIpc) is 2.83. The van der Waals surface area contributed by atoms with E-state index < -0.39 is 11.7 Å². The highest BCUT2D eigenvalue weighted by molar-refractivity contribution is 6.32. The summed E-state index contributed by atoms with van der Waals surface area (Å²) in [6, 6.07) is 0. The second-order valence-electron chi connectivity index (χ2n) is 9.32. The van der Waals surface area contributed by atoms with Gasteiger partial charge in [-0.3, -0.25) is 4.79 Å². The van der Waals surface area contributed by atoms with Gasteiger partial charge in [0.05, 0.1) is 6.10 Å². The summed E-state index contributed by atoms with van der Waals surface area (Å²) in [7, 11) is 0. The van der Waals surface area contributed by atoms with Crippen molar-refractivity contribution in [2.45, 2.75) is 71.0 Å². The van der Waals surface area contributed by atoms with Crippen molar-refractivity contribution >= 4 is 17.4 Å². The third kappa shape index (κ3) is 2.15. The largest absolute Gasteiger partial charge is 0.389 e. The number of hydrogen-bond acceptors (Lipinski definition) is 3. The van der Waals surface area contributed by atoms with Gasteiger partial charge in [0.2, 0.25) is 0 Å². The third-order valence-electron chi connectivity index (χ3n) is 8.41. The highest BCUT2D eigenvalue weighted by atomic mass is 35.5. The van der Waals surface area contributed by atoms with Crippen molar-refractivity contribution in [3.8, 4) is 0 Å². The maximum atomic E-state index is 12.3. The standard InChI is InChI=1S/C21H29ClO3/c1-12(23)21(25)9-6-16-14-11-18(22)17-10-13(24)4-7-19(17,2)15(14)5-8-20(16,21)3/h10-11,13-16,24-25H,4-9H2,1-3H3/t13-,14+,15-,16-,19-,20+,21-/m1/s1. The molecular formula is C21H29ClO3. The lowest BCUT2D eigenvalue weighted by molar-refractivity contribution is -0.156. The van der Waals surface area contributed by atoms with E-state index in [4.69, 9.17) is 11.6 Å². The van der Waals surface area contributed by atoms with Gasteiger partial charge < -0.3 is 10.2 Å². The number of Topliss-reactive ketones (excluding diaryl/α,β-unsaturated/α-hetero) is 1. The number of carbonyl (C=O) groups excluding carboxylic acids is 1. The van der Waals surface area contributed by atoms with Gasteiger partial charge >= 0.3 is 0 Å². The monoisotopic (exact) mass is 364 g/mol. The molecule has 0 aromatic carbocycles. The summed E-state index contributed by atoms with van der Waals surface area (Å²) in [6.07, 6.45) is 8.79. The number of rotatable bonds is 1. The molecule has 25 heavy (non-hydrogen) atoms. The lowest BCUT2D eigenvalue weighted by atomic mass is 9.48. The van der Waals surface area contributed by atoms with Crippen LogP contribution < -0.4 is 0 Å². The third-order valence-corrected chi connectivity index (χ3v) is 8.74. The molecule has 4 aliphatic rings. The Labute approximate surface area is 155 Å². The van der Waals surface area contributed by atoms with Gasteiger partial charge in [-0.2, -0.15) is 0 Å². The van der Waals surface area contributed by atoms with Crippen molar-refractivity contribution < 1.29 is 15.0 Å². The zero-order valence-electron chi connectivity index (χ0n) is 15.4. The molecule has 0 aromatic rings. The maximum absolute atomic E-state index is 12.3. The number of aliphatic hydroxyl groups is 2. The molecule has 0 aromatic heterocycles. The Hall–Kier alpha value is -0.640. The van der Waals surface area contributed by atoms with E-state index in [1.54, 1.807) is 0 Å². The van der Waals surface area contributed by atoms with Crippen LogP contribution in [-0.2, 0) is 4.79 Å². The fourth-order valence-electron chi connectivity index (χ4n) is 6.81. The van der Waals surface area contributed by atoms with E-state index in [9.17, 15) is 15.0 Å². The van der Waals surface area contributed by atoms with Crippen molar-refractivity contribution in [2.24, 2.45) is 28.6 Å². The first kappa shape index (κ1) is 17.8. The number of carbonyl (C=O) groups is 1. The first-order valence-electron chi connectivity index (χ1n) is 9.65. The summed E-state index contributed by atoms with van der Waals surface area (Å²) < 4.78 is 0. The molecule has 0 saturated heterocycles. The Morgan fingerprint density at radius 2 is 1.80 bits per heavy atom. The molecular weight excluding hydrogens is 336 g/mol. The summed E-state index contributed by atoms with van der Waals surface area (Å²) in [4.78, 5) is 12.3. The Morgan fingerprint density at radius 1 is 1.12 bits per heavy atom. The predicted octanol–water partition coefficient (Wildman–Crippen LogP) is 3.97. The van der Waals surface area contributed by atoms with E-state index in [0.717, 1.165) is 42.7 Å². The van der Waals surface area contributed by atoms with Crippen molar-refractivity contribution in [3.63, 3.8) is 0 Å². The quantitative estimate of drug-likeness (QED) is 0.740. The van der Waals surface area contributed by atoms with Crippen LogP contribution in [0.15, 0.2) is 22.8 Å². The van der Waals surface area contributed by atoms with Crippen LogP contribution in [0.25, 0.3) is 0 Å². The van der Waals surface area contributed by atoms with Gasteiger partial charge in [-0.05, 0) is 74.2 Å². The second kappa shape index (κ2) is 5.43. The van der Waals surface area contributed by atoms with Gasteiger partial charge in [-0.25, -0.2) is 0 Å². The van der Waals surface area contributed by atoms with Gasteiger partial charge in [0, 0.05) is 10.4 Å². The summed E-state index contributed by atoms with van der Waals surface area (Å²) in [5.74, 6) is 0.978. The molecule has 0 amide bonds. The normalized spacial score (nSPS) is 51.8. The van der Waals surface area contributed by atoms with E-state index in [1.165, 1.54) is 6.92 Å². The average molecular weight is 365 g/mol. The van der Waals surface area contributed by atoms with Crippen molar-refractivity contribution in [1.82, 2.24) is 0 Å². The second-order valence-corrected chi connectivity index (χ2v) is 9.73. The van der Waals surface area contributed by atoms with E-state index in [0.29, 0.717) is 24.2 Å². The van der Waals surface area contributed by atoms with E-state index in [-0.39, 0.29) is 16.6 Å². The van der Waals surface area contributed by atoms with Crippen molar-refractivity contribution in [2.75, 3.05) is 0 Å². The molecule has 138 valence electrons. The van der Waals surface area contributed by atoms with Gasteiger partial charge in [0.15, 0.2) is 5.78 Å². The van der Waals surface area contributed by atoms with Crippen LogP contribution in [-0.4, -0.2) is 27.7 Å². The van der Waals surface area contributed by atoms with Crippen LogP contribution in [0.2, 0.25) is 0 Å². The molecule has 3 nitrogen and oxygen atoms in total. The molecule has 2 N–H and O–H groups in total. The summed E-state index contributed by atoms with van der Waals surface area (Å²) in [5, 5.41) is 22.0. The molecule has 0 radical (unpaired) electrons. The van der Waals surface area contributed by atoms with Gasteiger partial charge in [-0.15, -0.1) is 0 Å². The highest BCUT2D eigenvalue weighted by Crippen LogP contribution is 2.67. The number of hydrogen-bond donors (Lipinski definition) is 2. The minimum atomic E-state index is -1.19. The summed E-state index contributed by atoms with van der Waals surface area (Å²) in [5.41, 5.74) is -0.450. The molecule has 2 fully saturated rings. The number of allylic oxidation sites excluding steroid dienone is 3. The van der Waals surface area contributed by atoms with Crippen LogP contribution in [0.3, 0.4) is 0 Å². The first-order chi connectivity index (χ1) is 11.6. The molecule has 4 heteroatoms. The Bertz CT molecular complexity index is 683. The van der Waals surface area contributed by atoms with Gasteiger partial charge in [-0.1, -0.05) is 37.6 Å². The SMILES string of the molecule is CC(=O)[C@]1(O)CC[C@@H]2[C@H]3C=C(Cl)C4=C[C@H](O)CC[C@]4(C)[C@@H]3CC[C@@]21C. The number of halogens is 1. The molecule has 0 spiro atoms. The lowest BCUT2D eigenvalue weighted by Gasteiger charge is -2.57. The first-order valence-corrected chi connectivity index (χ1v) is 10.0. The van der Waals surface area contributed by atoms with Crippen LogP contribution in [0.1, 0.15) is 59.3 Å². The smallest absolute Gasteiger partial charge is 0.161 e. The molecule has 0 bridgehead atoms. The summed E-state index contributed by atoms with van der Waals surface area (Å²) in [6.45, 7) is 5.95. The fourth-order valence-corrected chi connectivity index (χ4v) is 7.24. The number of ketones is 1. The van der Waals surface area contributed by atoms with Crippen molar-refractivity contribution in [3.05, 3.63) is 22.8 Å². The van der Waals surface area contributed by atoms with Crippen LogP contribution in [0.5, 0.6) is 0 Å². The molecule has 0 unspecified atom stereocenters. The number of fused-ring (bicyclic) bond motifs is 5. The van der Waals surface area contributed by atoms with Gasteiger partial charge in [0.25, 0.3) is 0 Å².